The molecule has 2 aromatic carbocycles. The van der Waals surface area contributed by atoms with Crippen LogP contribution in [0.15, 0.2) is 53.4 Å². The molecular formula is C21H26FN3O2S. The molecule has 1 amide bonds. The minimum Gasteiger partial charge on any atom is -0.378 e. The maximum atomic E-state index is 13.6. The Morgan fingerprint density at radius 1 is 1.18 bits per heavy atom. The van der Waals surface area contributed by atoms with Crippen LogP contribution in [0.5, 0.6) is 0 Å². The zero-order valence-electron chi connectivity index (χ0n) is 16.1. The van der Waals surface area contributed by atoms with Crippen molar-refractivity contribution in [1.82, 2.24) is 4.90 Å². The molecule has 1 heterocycles. The molecule has 0 aromatic heterocycles. The summed E-state index contributed by atoms with van der Waals surface area (Å²) in [6.07, 6.45) is 0. The number of benzene rings is 2. The number of rotatable bonds is 8. The number of ether oxygens (including phenoxy) is 1. The number of carbonyl (C=O) groups is 1. The molecule has 3 rings (SSSR count). The van der Waals surface area contributed by atoms with Crippen LogP contribution in [0, 0.1) is 5.82 Å². The van der Waals surface area contributed by atoms with E-state index in [4.69, 9.17) is 4.74 Å². The molecule has 0 radical (unpaired) electrons. The summed E-state index contributed by atoms with van der Waals surface area (Å²) in [5, 5.41) is 2.93. The van der Waals surface area contributed by atoms with Crippen LogP contribution >= 0.6 is 11.8 Å². The van der Waals surface area contributed by atoms with E-state index in [1.165, 1.54) is 17.8 Å². The van der Waals surface area contributed by atoms with E-state index in [-0.39, 0.29) is 11.7 Å². The summed E-state index contributed by atoms with van der Waals surface area (Å²) in [6, 6.07) is 14.6. The van der Waals surface area contributed by atoms with Crippen LogP contribution in [-0.2, 0) is 9.53 Å². The second-order valence-corrected chi connectivity index (χ2v) is 7.85. The number of hydrogen-bond acceptors (Lipinski definition) is 5. The second kappa shape index (κ2) is 10.5. The number of carbonyl (C=O) groups excluding carboxylic acids is 1. The van der Waals surface area contributed by atoms with Gasteiger partial charge in [0.1, 0.15) is 5.82 Å². The monoisotopic (exact) mass is 403 g/mol. The zero-order valence-corrected chi connectivity index (χ0v) is 16.9. The topological polar surface area (TPSA) is 44.8 Å². The third-order valence-corrected chi connectivity index (χ3v) is 5.54. The lowest BCUT2D eigenvalue weighted by molar-refractivity contribution is -0.117. The summed E-state index contributed by atoms with van der Waals surface area (Å²) in [4.78, 5) is 17.1. The number of morpholine rings is 1. The molecule has 7 heteroatoms. The van der Waals surface area contributed by atoms with Crippen LogP contribution in [0.2, 0.25) is 0 Å². The third kappa shape index (κ3) is 6.22. The highest BCUT2D eigenvalue weighted by atomic mass is 32.2. The van der Waals surface area contributed by atoms with Crippen molar-refractivity contribution in [3.8, 4) is 0 Å². The van der Waals surface area contributed by atoms with Gasteiger partial charge in [0.2, 0.25) is 5.91 Å². The van der Waals surface area contributed by atoms with Crippen molar-refractivity contribution >= 4 is 29.0 Å². The number of anilines is 2. The first-order chi connectivity index (χ1) is 13.6. The van der Waals surface area contributed by atoms with E-state index in [0.29, 0.717) is 18.0 Å². The minimum atomic E-state index is -0.201. The minimum absolute atomic E-state index is 0.0579. The van der Waals surface area contributed by atoms with Gasteiger partial charge in [0.15, 0.2) is 0 Å². The standard InChI is InChI=1S/C21H26FN3O2S/c1-24(12-15-28-20-5-3-2-4-19(20)22)16-21(26)23-17-6-8-18(9-7-17)25-10-13-27-14-11-25/h2-9H,10-16H2,1H3,(H,23,26). The van der Waals surface area contributed by atoms with E-state index in [1.807, 2.05) is 42.3 Å². The highest BCUT2D eigenvalue weighted by Crippen LogP contribution is 2.21. The summed E-state index contributed by atoms with van der Waals surface area (Å²) in [5.41, 5.74) is 1.93. The van der Waals surface area contributed by atoms with Crippen molar-refractivity contribution in [2.45, 2.75) is 4.90 Å². The number of nitrogens with one attached hydrogen (secondary N) is 1. The molecule has 1 N–H and O–H groups in total. The van der Waals surface area contributed by atoms with Crippen molar-refractivity contribution in [1.29, 1.82) is 0 Å². The van der Waals surface area contributed by atoms with Crippen molar-refractivity contribution < 1.29 is 13.9 Å². The van der Waals surface area contributed by atoms with Gasteiger partial charge in [-0.3, -0.25) is 9.69 Å². The Hall–Kier alpha value is -2.09. The predicted octanol–water partition coefficient (Wildman–Crippen LogP) is 3.32. The van der Waals surface area contributed by atoms with E-state index in [9.17, 15) is 9.18 Å². The van der Waals surface area contributed by atoms with Crippen molar-refractivity contribution in [3.63, 3.8) is 0 Å². The Morgan fingerprint density at radius 2 is 1.89 bits per heavy atom. The molecule has 1 fully saturated rings. The molecule has 1 aliphatic rings. The third-order valence-electron chi connectivity index (χ3n) is 4.51. The van der Waals surface area contributed by atoms with Gasteiger partial charge in [-0.1, -0.05) is 12.1 Å². The molecule has 0 aliphatic carbocycles. The van der Waals surface area contributed by atoms with Crippen LogP contribution in [0.4, 0.5) is 15.8 Å². The van der Waals surface area contributed by atoms with Gasteiger partial charge >= 0.3 is 0 Å². The molecule has 28 heavy (non-hydrogen) atoms. The smallest absolute Gasteiger partial charge is 0.238 e. The fraction of sp³-hybridized carbons (Fsp3) is 0.381. The van der Waals surface area contributed by atoms with E-state index in [2.05, 4.69) is 10.2 Å². The Bertz CT molecular complexity index is 767. The Balaban J connectivity index is 1.40. The number of thioether (sulfide) groups is 1. The summed E-state index contributed by atoms with van der Waals surface area (Å²) in [6.45, 7) is 4.27. The van der Waals surface area contributed by atoms with Gasteiger partial charge in [0.25, 0.3) is 0 Å². The number of nitrogens with zero attached hydrogens (tertiary/aromatic N) is 2. The fourth-order valence-electron chi connectivity index (χ4n) is 2.98. The van der Waals surface area contributed by atoms with Gasteiger partial charge in [-0.15, -0.1) is 11.8 Å². The molecular weight excluding hydrogens is 377 g/mol. The maximum Gasteiger partial charge on any atom is 0.238 e. The fourth-order valence-corrected chi connectivity index (χ4v) is 3.98. The van der Waals surface area contributed by atoms with Crippen LogP contribution in [-0.4, -0.2) is 63.0 Å². The number of likely N-dealkylation sites (N-methyl/N-ethyl adjacent to an activating group) is 1. The summed E-state index contributed by atoms with van der Waals surface area (Å²) in [5.74, 6) is 0.463. The molecule has 1 saturated heterocycles. The van der Waals surface area contributed by atoms with Gasteiger partial charge in [0.05, 0.1) is 19.8 Å². The highest BCUT2D eigenvalue weighted by molar-refractivity contribution is 7.99. The molecule has 2 aromatic rings. The Labute approximate surface area is 169 Å². The van der Waals surface area contributed by atoms with Crippen LogP contribution in [0.1, 0.15) is 0 Å². The lowest BCUT2D eigenvalue weighted by Crippen LogP contribution is -2.36. The number of halogens is 1. The van der Waals surface area contributed by atoms with E-state index in [1.54, 1.807) is 12.1 Å². The molecule has 0 saturated carbocycles. The van der Waals surface area contributed by atoms with Crippen molar-refractivity contribution in [3.05, 3.63) is 54.3 Å². The molecule has 0 spiro atoms. The van der Waals surface area contributed by atoms with E-state index < -0.39 is 0 Å². The van der Waals surface area contributed by atoms with Gasteiger partial charge in [-0.2, -0.15) is 0 Å². The molecule has 0 atom stereocenters. The summed E-state index contributed by atoms with van der Waals surface area (Å²) < 4.78 is 19.0. The van der Waals surface area contributed by atoms with Crippen LogP contribution < -0.4 is 10.2 Å². The number of hydrogen-bond donors (Lipinski definition) is 1. The lowest BCUT2D eigenvalue weighted by atomic mass is 10.2. The zero-order chi connectivity index (χ0) is 19.8. The molecule has 1 aliphatic heterocycles. The highest BCUT2D eigenvalue weighted by Gasteiger charge is 2.12. The largest absolute Gasteiger partial charge is 0.378 e. The molecule has 5 nitrogen and oxygen atoms in total. The summed E-state index contributed by atoms with van der Waals surface area (Å²) in [7, 11) is 1.89. The average Bonchev–Trinajstić information content (AvgIpc) is 2.70. The van der Waals surface area contributed by atoms with Crippen LogP contribution in [0.3, 0.4) is 0 Å². The first kappa shape index (κ1) is 20.6. The Morgan fingerprint density at radius 3 is 2.61 bits per heavy atom. The molecule has 0 unspecified atom stereocenters. The summed E-state index contributed by atoms with van der Waals surface area (Å²) >= 11 is 1.46. The quantitative estimate of drug-likeness (QED) is 0.685. The van der Waals surface area contributed by atoms with Gasteiger partial charge in [-0.25, -0.2) is 4.39 Å². The molecule has 150 valence electrons. The first-order valence-corrected chi connectivity index (χ1v) is 10.4. The lowest BCUT2D eigenvalue weighted by Gasteiger charge is -2.28. The SMILES string of the molecule is CN(CCSc1ccccc1F)CC(=O)Nc1ccc(N2CCOCC2)cc1. The normalized spacial score (nSPS) is 14.3. The van der Waals surface area contributed by atoms with Crippen molar-refractivity contribution in [2.75, 3.05) is 62.4 Å². The van der Waals surface area contributed by atoms with Crippen molar-refractivity contribution in [2.24, 2.45) is 0 Å². The average molecular weight is 404 g/mol. The predicted molar refractivity (Wildman–Crippen MR) is 113 cm³/mol. The Kier molecular flexibility index (Phi) is 7.71. The van der Waals surface area contributed by atoms with Gasteiger partial charge in [-0.05, 0) is 43.4 Å². The first-order valence-electron chi connectivity index (χ1n) is 9.40. The number of amides is 1. The van der Waals surface area contributed by atoms with Gasteiger partial charge < -0.3 is 15.0 Å². The second-order valence-electron chi connectivity index (χ2n) is 6.71. The van der Waals surface area contributed by atoms with E-state index in [0.717, 1.165) is 43.4 Å². The maximum absolute atomic E-state index is 13.6. The van der Waals surface area contributed by atoms with Gasteiger partial charge in [0, 0.05) is 41.7 Å². The molecule has 0 bridgehead atoms. The van der Waals surface area contributed by atoms with E-state index >= 15 is 0 Å². The van der Waals surface area contributed by atoms with Crippen LogP contribution in [0.25, 0.3) is 0 Å².